The maximum Gasteiger partial charge on any atom is 0.123 e. The molecule has 2 aliphatic rings. The van der Waals surface area contributed by atoms with E-state index in [9.17, 15) is 5.11 Å². The number of ether oxygens (including phenoxy) is 1. The molecule has 104 valence electrons. The quantitative estimate of drug-likeness (QED) is 0.809. The average molecular weight is 260 g/mol. The Morgan fingerprint density at radius 1 is 0.947 bits per heavy atom. The van der Waals surface area contributed by atoms with Gasteiger partial charge in [0.25, 0.3) is 0 Å². The Labute approximate surface area is 115 Å². The number of benzene rings is 1. The molecule has 0 radical (unpaired) electrons. The number of aliphatic hydroxyl groups excluding tert-OH is 1. The van der Waals surface area contributed by atoms with Crippen LogP contribution in [0.4, 0.5) is 0 Å². The highest BCUT2D eigenvalue weighted by Crippen LogP contribution is 2.36. The summed E-state index contributed by atoms with van der Waals surface area (Å²) in [5, 5.41) is 10.1. The van der Waals surface area contributed by atoms with Crippen LogP contribution in [0.5, 0.6) is 5.75 Å². The van der Waals surface area contributed by atoms with Gasteiger partial charge in [-0.1, -0.05) is 25.0 Å². The monoisotopic (exact) mass is 260 g/mol. The molecule has 1 unspecified atom stereocenters. The van der Waals surface area contributed by atoms with Crippen LogP contribution in [0.15, 0.2) is 18.2 Å². The first-order chi connectivity index (χ1) is 9.34. The number of aliphatic hydroxyl groups is 1. The summed E-state index contributed by atoms with van der Waals surface area (Å²) in [4.78, 5) is 0. The number of fused-ring (bicyclic) bond motifs is 1. The number of rotatable bonds is 2. The maximum atomic E-state index is 10.1. The molecule has 1 atom stereocenters. The lowest BCUT2D eigenvalue weighted by atomic mass is 9.89. The largest absolute Gasteiger partial charge is 0.490 e. The second-order valence-corrected chi connectivity index (χ2v) is 5.96. The van der Waals surface area contributed by atoms with E-state index < -0.39 is 0 Å². The van der Waals surface area contributed by atoms with E-state index >= 15 is 0 Å². The van der Waals surface area contributed by atoms with Gasteiger partial charge in [0.2, 0.25) is 0 Å². The van der Waals surface area contributed by atoms with Crippen molar-refractivity contribution in [3.63, 3.8) is 0 Å². The minimum atomic E-state index is -0.290. The molecule has 0 bridgehead atoms. The molecule has 0 amide bonds. The van der Waals surface area contributed by atoms with Gasteiger partial charge in [-0.2, -0.15) is 0 Å². The molecule has 2 heteroatoms. The van der Waals surface area contributed by atoms with Crippen LogP contribution in [0, 0.1) is 0 Å². The molecule has 0 aromatic heterocycles. The molecule has 19 heavy (non-hydrogen) atoms. The summed E-state index contributed by atoms with van der Waals surface area (Å²) in [5.41, 5.74) is 2.35. The van der Waals surface area contributed by atoms with Crippen LogP contribution in [0.3, 0.4) is 0 Å². The first-order valence-electron chi connectivity index (χ1n) is 7.81. The van der Waals surface area contributed by atoms with Crippen LogP contribution in [-0.4, -0.2) is 11.2 Å². The van der Waals surface area contributed by atoms with Crippen molar-refractivity contribution < 1.29 is 9.84 Å². The molecule has 1 fully saturated rings. The van der Waals surface area contributed by atoms with E-state index in [4.69, 9.17) is 4.74 Å². The van der Waals surface area contributed by atoms with Gasteiger partial charge >= 0.3 is 0 Å². The average Bonchev–Trinajstić information content (AvgIpc) is 2.69. The Hall–Kier alpha value is -1.02. The van der Waals surface area contributed by atoms with Gasteiger partial charge in [0.05, 0.1) is 12.2 Å². The first kappa shape index (κ1) is 13.0. The van der Waals surface area contributed by atoms with Crippen LogP contribution in [0.1, 0.15) is 68.6 Å². The molecule has 1 saturated carbocycles. The Morgan fingerprint density at radius 2 is 1.74 bits per heavy atom. The third-order valence-corrected chi connectivity index (χ3v) is 4.53. The molecule has 3 rings (SSSR count). The zero-order chi connectivity index (χ0) is 13.1. The summed E-state index contributed by atoms with van der Waals surface area (Å²) in [6, 6.07) is 6.17. The second kappa shape index (κ2) is 5.96. The van der Waals surface area contributed by atoms with E-state index in [2.05, 4.69) is 12.1 Å². The summed E-state index contributed by atoms with van der Waals surface area (Å²) >= 11 is 0. The van der Waals surface area contributed by atoms with Crippen LogP contribution < -0.4 is 4.74 Å². The van der Waals surface area contributed by atoms with Gasteiger partial charge in [0, 0.05) is 0 Å². The highest BCUT2D eigenvalue weighted by molar-refractivity contribution is 5.43. The van der Waals surface area contributed by atoms with Crippen molar-refractivity contribution >= 4 is 0 Å². The zero-order valence-corrected chi connectivity index (χ0v) is 11.6. The van der Waals surface area contributed by atoms with Gasteiger partial charge in [-0.05, 0) is 62.1 Å². The van der Waals surface area contributed by atoms with E-state index in [-0.39, 0.29) is 6.10 Å². The number of hydrogen-bond acceptors (Lipinski definition) is 2. The Balaban J connectivity index is 1.78. The molecule has 1 aromatic rings. The Kier molecular flexibility index (Phi) is 4.07. The van der Waals surface area contributed by atoms with Gasteiger partial charge in [-0.15, -0.1) is 0 Å². The predicted octanol–water partition coefficient (Wildman–Crippen LogP) is 4.16. The molecule has 2 aliphatic carbocycles. The van der Waals surface area contributed by atoms with Gasteiger partial charge in [0.15, 0.2) is 0 Å². The standard InChI is InChI=1S/C17H24O2/c18-16-11-5-10-15-14(16)9-6-12-17(15)19-13-7-3-1-2-4-8-13/h6,9,12-13,16,18H,1-5,7-8,10-11H2. The summed E-state index contributed by atoms with van der Waals surface area (Å²) in [7, 11) is 0. The van der Waals surface area contributed by atoms with E-state index in [1.807, 2.05) is 6.07 Å². The van der Waals surface area contributed by atoms with Crippen molar-refractivity contribution in [1.82, 2.24) is 0 Å². The van der Waals surface area contributed by atoms with Crippen molar-refractivity contribution in [3.05, 3.63) is 29.3 Å². The minimum absolute atomic E-state index is 0.290. The molecular weight excluding hydrogens is 236 g/mol. The van der Waals surface area contributed by atoms with Crippen LogP contribution in [-0.2, 0) is 6.42 Å². The highest BCUT2D eigenvalue weighted by Gasteiger charge is 2.22. The molecule has 2 nitrogen and oxygen atoms in total. The van der Waals surface area contributed by atoms with E-state index in [1.165, 1.54) is 44.1 Å². The maximum absolute atomic E-state index is 10.1. The lowest BCUT2D eigenvalue weighted by Crippen LogP contribution is -2.18. The fourth-order valence-electron chi connectivity index (χ4n) is 3.44. The third-order valence-electron chi connectivity index (χ3n) is 4.53. The fourth-order valence-corrected chi connectivity index (χ4v) is 3.44. The van der Waals surface area contributed by atoms with E-state index in [0.29, 0.717) is 6.10 Å². The van der Waals surface area contributed by atoms with Crippen molar-refractivity contribution in [3.8, 4) is 5.75 Å². The summed E-state index contributed by atoms with van der Waals surface area (Å²) in [6.45, 7) is 0. The summed E-state index contributed by atoms with van der Waals surface area (Å²) < 4.78 is 6.27. The van der Waals surface area contributed by atoms with Crippen molar-refractivity contribution in [2.45, 2.75) is 70.0 Å². The minimum Gasteiger partial charge on any atom is -0.490 e. The van der Waals surface area contributed by atoms with Crippen molar-refractivity contribution in [2.75, 3.05) is 0 Å². The lowest BCUT2D eigenvalue weighted by Gasteiger charge is -2.26. The van der Waals surface area contributed by atoms with Gasteiger partial charge in [0.1, 0.15) is 5.75 Å². The fraction of sp³-hybridized carbons (Fsp3) is 0.647. The molecule has 0 spiro atoms. The van der Waals surface area contributed by atoms with Crippen molar-refractivity contribution in [2.24, 2.45) is 0 Å². The van der Waals surface area contributed by atoms with Crippen molar-refractivity contribution in [1.29, 1.82) is 0 Å². The first-order valence-corrected chi connectivity index (χ1v) is 7.81. The smallest absolute Gasteiger partial charge is 0.123 e. The molecule has 1 N–H and O–H groups in total. The van der Waals surface area contributed by atoms with E-state index in [0.717, 1.165) is 30.6 Å². The zero-order valence-electron chi connectivity index (χ0n) is 11.6. The van der Waals surface area contributed by atoms with E-state index in [1.54, 1.807) is 0 Å². The molecule has 0 aliphatic heterocycles. The molecule has 0 saturated heterocycles. The van der Waals surface area contributed by atoms with Gasteiger partial charge in [-0.25, -0.2) is 0 Å². The Morgan fingerprint density at radius 3 is 2.53 bits per heavy atom. The summed E-state index contributed by atoms with van der Waals surface area (Å²) in [6.07, 6.45) is 10.8. The molecule has 1 aromatic carbocycles. The molecular formula is C17H24O2. The number of hydrogen-bond donors (Lipinski definition) is 1. The van der Waals surface area contributed by atoms with Crippen LogP contribution in [0.25, 0.3) is 0 Å². The van der Waals surface area contributed by atoms with Gasteiger partial charge in [-0.3, -0.25) is 0 Å². The second-order valence-electron chi connectivity index (χ2n) is 5.96. The lowest BCUT2D eigenvalue weighted by molar-refractivity contribution is 0.150. The molecule has 0 heterocycles. The Bertz CT molecular complexity index is 419. The SMILES string of the molecule is OC1CCCc2c(OC3CCCCCC3)cccc21. The normalized spacial score (nSPS) is 24.6. The predicted molar refractivity (Wildman–Crippen MR) is 76.5 cm³/mol. The highest BCUT2D eigenvalue weighted by atomic mass is 16.5. The van der Waals surface area contributed by atoms with Crippen LogP contribution in [0.2, 0.25) is 0 Å². The van der Waals surface area contributed by atoms with Crippen LogP contribution >= 0.6 is 0 Å². The third kappa shape index (κ3) is 2.94. The van der Waals surface area contributed by atoms with Gasteiger partial charge < -0.3 is 9.84 Å². The summed E-state index contributed by atoms with van der Waals surface area (Å²) in [5.74, 6) is 1.03. The topological polar surface area (TPSA) is 29.5 Å².